The van der Waals surface area contributed by atoms with E-state index in [0.717, 1.165) is 39.4 Å². The maximum absolute atomic E-state index is 14.0. The van der Waals surface area contributed by atoms with Crippen molar-refractivity contribution < 1.29 is 18.0 Å². The molecule has 0 aliphatic heterocycles. The van der Waals surface area contributed by atoms with E-state index in [-0.39, 0.29) is 17.3 Å². The Bertz CT molecular complexity index is 1440. The maximum Gasteiger partial charge on any atom is 0.264 e. The number of hydrogen-bond acceptors (Lipinski definition) is 4. The second-order valence-electron chi connectivity index (χ2n) is 10.0. The highest BCUT2D eigenvalue weighted by Crippen LogP contribution is 2.27. The van der Waals surface area contributed by atoms with Gasteiger partial charge in [-0.1, -0.05) is 55.3 Å². The number of nitrogens with zero attached hydrogens (tertiary/aromatic N) is 2. The quantitative estimate of drug-likeness (QED) is 0.273. The molecule has 0 radical (unpaired) electrons. The third kappa shape index (κ3) is 7.64. The first-order chi connectivity index (χ1) is 18.9. The van der Waals surface area contributed by atoms with Gasteiger partial charge in [0.05, 0.1) is 10.6 Å². The fourth-order valence-corrected chi connectivity index (χ4v) is 5.76. The van der Waals surface area contributed by atoms with Gasteiger partial charge in [0.2, 0.25) is 11.8 Å². The Morgan fingerprint density at radius 2 is 1.60 bits per heavy atom. The van der Waals surface area contributed by atoms with Gasteiger partial charge in [0, 0.05) is 18.1 Å². The van der Waals surface area contributed by atoms with E-state index in [0.29, 0.717) is 17.3 Å². The van der Waals surface area contributed by atoms with Crippen LogP contribution in [0.15, 0.2) is 71.6 Å². The molecule has 3 rings (SSSR count). The first-order valence-electron chi connectivity index (χ1n) is 13.4. The number of hydrogen-bond donors (Lipinski definition) is 1. The van der Waals surface area contributed by atoms with Crippen molar-refractivity contribution in [1.82, 2.24) is 10.2 Å². The molecule has 0 saturated carbocycles. The largest absolute Gasteiger partial charge is 0.354 e. The summed E-state index contributed by atoms with van der Waals surface area (Å²) in [7, 11) is -4.15. The molecule has 9 heteroatoms. The van der Waals surface area contributed by atoms with Gasteiger partial charge in [-0.3, -0.25) is 13.9 Å². The Kier molecular flexibility index (Phi) is 10.8. The standard InChI is InChI=1S/C31H38ClN3O4S/c1-6-7-18-33-31(37)25(5)34(20-26-11-9-8-10-23(26)3)30(36)21-35(28-15-12-22(2)24(4)19-28)40(38,39)29-16-13-27(32)14-17-29/h8-17,19,25H,6-7,18,20-21H2,1-5H3,(H,33,37)/t25-/m1/s1. The van der Waals surface area contributed by atoms with Gasteiger partial charge >= 0.3 is 0 Å². The van der Waals surface area contributed by atoms with Gasteiger partial charge in [-0.25, -0.2) is 8.42 Å². The molecule has 2 amide bonds. The number of anilines is 1. The lowest BCUT2D eigenvalue weighted by atomic mass is 10.1. The molecular formula is C31H38ClN3O4S. The zero-order chi connectivity index (χ0) is 29.4. The SMILES string of the molecule is CCCCNC(=O)[C@@H](C)N(Cc1ccccc1C)C(=O)CN(c1ccc(C)c(C)c1)S(=O)(=O)c1ccc(Cl)cc1. The summed E-state index contributed by atoms with van der Waals surface area (Å²) >= 11 is 6.01. The molecule has 0 saturated heterocycles. The molecule has 7 nitrogen and oxygen atoms in total. The van der Waals surface area contributed by atoms with E-state index in [1.165, 1.54) is 29.2 Å². The van der Waals surface area contributed by atoms with Crippen LogP contribution in [0.25, 0.3) is 0 Å². The molecule has 0 aliphatic carbocycles. The van der Waals surface area contributed by atoms with Crippen molar-refractivity contribution in [2.24, 2.45) is 0 Å². The molecule has 40 heavy (non-hydrogen) atoms. The monoisotopic (exact) mass is 583 g/mol. The third-order valence-corrected chi connectivity index (χ3v) is 9.10. The van der Waals surface area contributed by atoms with Crippen LogP contribution in [-0.4, -0.2) is 44.3 Å². The van der Waals surface area contributed by atoms with E-state index >= 15 is 0 Å². The molecule has 0 bridgehead atoms. The minimum absolute atomic E-state index is 0.0127. The lowest BCUT2D eigenvalue weighted by Gasteiger charge is -2.32. The zero-order valence-electron chi connectivity index (χ0n) is 23.8. The summed E-state index contributed by atoms with van der Waals surface area (Å²) in [6, 6.07) is 17.9. The zero-order valence-corrected chi connectivity index (χ0v) is 25.3. The predicted octanol–water partition coefficient (Wildman–Crippen LogP) is 5.79. The number of nitrogens with one attached hydrogen (secondary N) is 1. The fraction of sp³-hybridized carbons (Fsp3) is 0.355. The second kappa shape index (κ2) is 13.8. The summed E-state index contributed by atoms with van der Waals surface area (Å²) < 4.78 is 29.0. The van der Waals surface area contributed by atoms with Crippen LogP contribution in [0.3, 0.4) is 0 Å². The van der Waals surface area contributed by atoms with Crippen molar-refractivity contribution in [3.63, 3.8) is 0 Å². The topological polar surface area (TPSA) is 86.8 Å². The van der Waals surface area contributed by atoms with Crippen LogP contribution < -0.4 is 9.62 Å². The van der Waals surface area contributed by atoms with Crippen molar-refractivity contribution in [1.29, 1.82) is 0 Å². The van der Waals surface area contributed by atoms with Gasteiger partial charge in [0.25, 0.3) is 10.0 Å². The van der Waals surface area contributed by atoms with E-state index in [1.54, 1.807) is 19.1 Å². The van der Waals surface area contributed by atoms with Crippen LogP contribution >= 0.6 is 11.6 Å². The first-order valence-corrected chi connectivity index (χ1v) is 15.2. The van der Waals surface area contributed by atoms with E-state index < -0.39 is 28.5 Å². The van der Waals surface area contributed by atoms with Crippen molar-refractivity contribution in [2.45, 2.75) is 64.9 Å². The summed E-state index contributed by atoms with van der Waals surface area (Å²) in [6.07, 6.45) is 1.75. The van der Waals surface area contributed by atoms with Gasteiger partial charge in [0.15, 0.2) is 0 Å². The number of unbranched alkanes of at least 4 members (excludes halogenated alkanes) is 1. The number of sulfonamides is 1. The predicted molar refractivity (Wildman–Crippen MR) is 161 cm³/mol. The smallest absolute Gasteiger partial charge is 0.264 e. The molecule has 0 aromatic heterocycles. The molecule has 214 valence electrons. The van der Waals surface area contributed by atoms with Gasteiger partial charge in [-0.05, 0) is 92.8 Å². The van der Waals surface area contributed by atoms with Crippen molar-refractivity contribution in [3.05, 3.63) is 94.0 Å². The summed E-state index contributed by atoms with van der Waals surface area (Å²) in [6.45, 7) is 9.66. The van der Waals surface area contributed by atoms with Crippen molar-refractivity contribution >= 4 is 39.1 Å². The van der Waals surface area contributed by atoms with Crippen LogP contribution in [-0.2, 0) is 26.2 Å². The van der Waals surface area contributed by atoms with Crippen molar-refractivity contribution in [2.75, 3.05) is 17.4 Å². The molecule has 1 atom stereocenters. The van der Waals surface area contributed by atoms with E-state index in [4.69, 9.17) is 11.6 Å². The summed E-state index contributed by atoms with van der Waals surface area (Å²) in [5.41, 5.74) is 4.10. The van der Waals surface area contributed by atoms with Crippen LogP contribution in [0.2, 0.25) is 5.02 Å². The van der Waals surface area contributed by atoms with Crippen LogP contribution in [0.5, 0.6) is 0 Å². The molecule has 0 aliphatic rings. The Morgan fingerprint density at radius 1 is 0.925 bits per heavy atom. The minimum Gasteiger partial charge on any atom is -0.354 e. The molecule has 3 aromatic carbocycles. The Morgan fingerprint density at radius 3 is 2.23 bits per heavy atom. The molecule has 0 unspecified atom stereocenters. The Hall–Kier alpha value is -3.36. The first kappa shape index (κ1) is 31.2. The number of carbonyl (C=O) groups excluding carboxylic acids is 2. The minimum atomic E-state index is -4.15. The highest BCUT2D eigenvalue weighted by molar-refractivity contribution is 7.92. The third-order valence-electron chi connectivity index (χ3n) is 7.06. The Labute approximate surface area is 243 Å². The molecule has 0 heterocycles. The van der Waals surface area contributed by atoms with Crippen LogP contribution in [0.4, 0.5) is 5.69 Å². The Balaban J connectivity index is 2.03. The average Bonchev–Trinajstić information content (AvgIpc) is 2.92. The fourth-order valence-electron chi connectivity index (χ4n) is 4.23. The lowest BCUT2D eigenvalue weighted by Crippen LogP contribution is -2.51. The number of aryl methyl sites for hydroxylation is 3. The molecule has 0 spiro atoms. The average molecular weight is 584 g/mol. The van der Waals surface area contributed by atoms with Crippen molar-refractivity contribution in [3.8, 4) is 0 Å². The van der Waals surface area contributed by atoms with Gasteiger partial charge in [-0.15, -0.1) is 0 Å². The molecule has 3 aromatic rings. The van der Waals surface area contributed by atoms with Crippen LogP contribution in [0, 0.1) is 20.8 Å². The lowest BCUT2D eigenvalue weighted by molar-refractivity contribution is -0.139. The number of benzene rings is 3. The number of carbonyl (C=O) groups is 2. The van der Waals surface area contributed by atoms with E-state index in [1.807, 2.05) is 58.0 Å². The van der Waals surface area contributed by atoms with Gasteiger partial charge < -0.3 is 10.2 Å². The molecule has 1 N–H and O–H groups in total. The highest BCUT2D eigenvalue weighted by Gasteiger charge is 2.32. The summed E-state index contributed by atoms with van der Waals surface area (Å²) in [4.78, 5) is 28.6. The van der Waals surface area contributed by atoms with Gasteiger partial charge in [-0.2, -0.15) is 0 Å². The van der Waals surface area contributed by atoms with Gasteiger partial charge in [0.1, 0.15) is 12.6 Å². The summed E-state index contributed by atoms with van der Waals surface area (Å²) in [5.74, 6) is -0.772. The number of amides is 2. The van der Waals surface area contributed by atoms with E-state index in [2.05, 4.69) is 5.32 Å². The normalized spacial score (nSPS) is 12.1. The van der Waals surface area contributed by atoms with E-state index in [9.17, 15) is 18.0 Å². The molecule has 0 fully saturated rings. The van der Waals surface area contributed by atoms with Crippen LogP contribution in [0.1, 0.15) is 48.9 Å². The second-order valence-corrected chi connectivity index (χ2v) is 12.3. The molecular weight excluding hydrogens is 546 g/mol. The summed E-state index contributed by atoms with van der Waals surface area (Å²) in [5, 5.41) is 3.30. The highest BCUT2D eigenvalue weighted by atomic mass is 35.5. The number of halogens is 1. The number of rotatable bonds is 12. The maximum atomic E-state index is 14.0.